The van der Waals surface area contributed by atoms with Gasteiger partial charge in [-0.2, -0.15) is 0 Å². The number of aliphatic carboxylic acids is 2. The van der Waals surface area contributed by atoms with Crippen LogP contribution >= 0.6 is 21.6 Å². The van der Waals surface area contributed by atoms with Gasteiger partial charge >= 0.3 is 11.9 Å². The molecule has 0 radical (unpaired) electrons. The molecule has 0 unspecified atom stereocenters. The maximum Gasteiger partial charge on any atom is 0.364 e. The maximum atomic E-state index is 12.7. The third-order valence-electron chi connectivity index (χ3n) is 12.9. The minimum absolute atomic E-state index is 0.0463. The molecule has 0 bridgehead atoms. The highest BCUT2D eigenvalue weighted by molar-refractivity contribution is 8.76. The van der Waals surface area contributed by atoms with E-state index in [2.05, 4.69) is 21.3 Å². The molecule has 0 aromatic rings. The van der Waals surface area contributed by atoms with E-state index in [9.17, 15) is 100 Å². The zero-order valence-electron chi connectivity index (χ0n) is 42.8. The van der Waals surface area contributed by atoms with Crippen molar-refractivity contribution in [2.24, 2.45) is 0 Å². The van der Waals surface area contributed by atoms with Gasteiger partial charge in [0.15, 0.2) is 12.6 Å². The Morgan fingerprint density at radius 2 is 0.859 bits per heavy atom. The lowest BCUT2D eigenvalue weighted by molar-refractivity contribution is -0.330. The number of carbonyl (C=O) groups is 6. The fourth-order valence-electron chi connectivity index (χ4n) is 8.94. The van der Waals surface area contributed by atoms with Crippen LogP contribution in [0, 0.1) is 0 Å². The van der Waals surface area contributed by atoms with Crippen LogP contribution in [0.15, 0.2) is 0 Å². The van der Waals surface area contributed by atoms with E-state index in [0.29, 0.717) is 24.3 Å². The summed E-state index contributed by atoms with van der Waals surface area (Å²) < 4.78 is 45.9. The first-order chi connectivity index (χ1) is 36.6. The Balaban J connectivity index is 1.31. The molecule has 450 valence electrons. The average molecular weight is 1170 g/mol. The van der Waals surface area contributed by atoms with Gasteiger partial charge in [0.1, 0.15) is 85.3 Å². The van der Waals surface area contributed by atoms with Crippen LogP contribution in [0.25, 0.3) is 0 Å². The number of amides is 4. The summed E-state index contributed by atoms with van der Waals surface area (Å²) in [4.78, 5) is 73.3. The smallest absolute Gasteiger partial charge is 0.364 e. The third-order valence-corrected chi connectivity index (χ3v) is 15.4. The molecule has 4 heterocycles. The van der Waals surface area contributed by atoms with E-state index in [4.69, 9.17) is 37.9 Å². The fraction of sp³-hybridized carbons (Fsp3) is 0.864. The van der Waals surface area contributed by atoms with Crippen molar-refractivity contribution < 1.29 is 138 Å². The molecule has 0 aliphatic carbocycles. The molecule has 0 spiro atoms. The van der Waals surface area contributed by atoms with Crippen molar-refractivity contribution in [2.45, 2.75) is 187 Å². The predicted octanol–water partition coefficient (Wildman–Crippen LogP) is -8.58. The molecule has 4 saturated heterocycles. The van der Waals surface area contributed by atoms with Gasteiger partial charge in [0.2, 0.25) is 23.6 Å². The van der Waals surface area contributed by atoms with Crippen molar-refractivity contribution in [2.75, 3.05) is 51.1 Å². The van der Waals surface area contributed by atoms with Gasteiger partial charge in [-0.25, -0.2) is 9.59 Å². The number of rotatable bonds is 29. The molecule has 34 heteroatoms. The van der Waals surface area contributed by atoms with E-state index < -0.39 is 209 Å². The van der Waals surface area contributed by atoms with Crippen LogP contribution < -0.4 is 21.3 Å². The van der Waals surface area contributed by atoms with E-state index in [-0.39, 0.29) is 13.2 Å². The van der Waals surface area contributed by atoms with E-state index >= 15 is 0 Å². The monoisotopic (exact) mass is 1170 g/mol. The number of ether oxygens (including phenoxy) is 8. The zero-order valence-corrected chi connectivity index (χ0v) is 44.5. The van der Waals surface area contributed by atoms with E-state index in [1.165, 1.54) is 21.6 Å². The Kier molecular flexibility index (Phi) is 26.4. The average Bonchev–Trinajstić information content (AvgIpc) is 3.46. The van der Waals surface area contributed by atoms with Crippen LogP contribution in [0.1, 0.15) is 53.4 Å². The van der Waals surface area contributed by atoms with Gasteiger partial charge in [0.25, 0.3) is 11.6 Å². The molecule has 0 saturated carbocycles. The van der Waals surface area contributed by atoms with Gasteiger partial charge in [-0.1, -0.05) is 21.6 Å². The van der Waals surface area contributed by atoms with Crippen molar-refractivity contribution in [1.82, 2.24) is 21.3 Å². The van der Waals surface area contributed by atoms with Crippen LogP contribution in [-0.2, 0) is 66.7 Å². The Morgan fingerprint density at radius 3 is 1.15 bits per heavy atom. The summed E-state index contributed by atoms with van der Waals surface area (Å²) in [6, 6.07) is -5.65. The summed E-state index contributed by atoms with van der Waals surface area (Å²) in [5.41, 5.74) is 0. The van der Waals surface area contributed by atoms with Gasteiger partial charge in [-0.05, 0) is 12.8 Å². The van der Waals surface area contributed by atoms with Gasteiger partial charge in [0, 0.05) is 52.0 Å². The normalized spacial score (nSPS) is 36.8. The molecule has 4 rings (SSSR count). The minimum atomic E-state index is -2.80. The second-order valence-corrected chi connectivity index (χ2v) is 21.7. The molecule has 32 nitrogen and oxygen atoms in total. The molecule has 0 aromatic carbocycles. The minimum Gasteiger partial charge on any atom is -0.477 e. The van der Waals surface area contributed by atoms with Gasteiger partial charge in [-0.3, -0.25) is 19.2 Å². The Labute approximate surface area is 453 Å². The fourth-order valence-corrected chi connectivity index (χ4v) is 11.1. The van der Waals surface area contributed by atoms with Crippen molar-refractivity contribution in [3.05, 3.63) is 0 Å². The molecule has 0 aromatic heterocycles. The van der Waals surface area contributed by atoms with Crippen LogP contribution in [0.4, 0.5) is 0 Å². The third kappa shape index (κ3) is 17.6. The van der Waals surface area contributed by atoms with Gasteiger partial charge < -0.3 is 131 Å². The Morgan fingerprint density at radius 1 is 0.538 bits per heavy atom. The molecule has 4 aliphatic heterocycles. The quantitative estimate of drug-likeness (QED) is 0.0244. The molecule has 22 atom stereocenters. The van der Waals surface area contributed by atoms with E-state index in [1.807, 2.05) is 0 Å². The van der Waals surface area contributed by atoms with E-state index in [0.717, 1.165) is 27.7 Å². The summed E-state index contributed by atoms with van der Waals surface area (Å²) in [6.45, 7) is 0.545. The molecular formula is C44H74N4O28S2. The topological polar surface area (TPSA) is 508 Å². The number of nitrogens with one attached hydrogen (secondary N) is 4. The van der Waals surface area contributed by atoms with E-state index in [1.54, 1.807) is 0 Å². The highest BCUT2D eigenvalue weighted by Gasteiger charge is 2.59. The van der Waals surface area contributed by atoms with Crippen LogP contribution in [0.5, 0.6) is 0 Å². The predicted molar refractivity (Wildman–Crippen MR) is 260 cm³/mol. The maximum absolute atomic E-state index is 12.7. The number of aliphatic hydroxyl groups is 12. The molecule has 78 heavy (non-hydrogen) atoms. The first-order valence-corrected chi connectivity index (χ1v) is 27.1. The number of hydrogen-bond donors (Lipinski definition) is 18. The highest BCUT2D eigenvalue weighted by Crippen LogP contribution is 2.37. The van der Waals surface area contributed by atoms with Crippen LogP contribution in [0.2, 0.25) is 0 Å². The number of aliphatic hydroxyl groups excluding tert-OH is 12. The second-order valence-electron chi connectivity index (χ2n) is 19.0. The Hall–Kier alpha value is -3.28. The van der Waals surface area contributed by atoms with Crippen LogP contribution in [-0.4, -0.2) is 292 Å². The summed E-state index contributed by atoms with van der Waals surface area (Å²) in [5.74, 6) is -11.1. The lowest BCUT2D eigenvalue weighted by atomic mass is 9.88. The standard InChI is InChI=1S/C44H74N4O28S2/c1-17(51)45-27-21(55)11-43(41(65)66,75-37(27)31(59)23(57)13-49)71-15-25-33(61)35(63)29(47-19(3)53)39(73-25)69-7-5-9-77-78-10-6-8-70-40-30(48-20(4)54)36(64)34(62)26(74-40)16-72-44(42(67)68)12-22(56)28(46-18(2)52)38(76-44)32(60)24(58)14-50/h21-40,49-50,55-64H,5-16H2,1-4H3,(H,45,51)(H,46,52)(H,47,53)(H,48,54)(H,65,66)(H,67,68)/t21-,22-,23+,24+,25+,26+,27+,28+,29+,30+,31+,32+,33-,34-,35+,36+,37+,38+,39-,40-,43+,44+/m0/s1. The zero-order chi connectivity index (χ0) is 58.4. The molecule has 4 amide bonds. The lowest BCUT2D eigenvalue weighted by Crippen LogP contribution is -2.69. The van der Waals surface area contributed by atoms with Crippen molar-refractivity contribution in [3.63, 3.8) is 0 Å². The highest BCUT2D eigenvalue weighted by atomic mass is 33.1. The Bertz CT molecular complexity index is 1840. The summed E-state index contributed by atoms with van der Waals surface area (Å²) >= 11 is 0. The summed E-state index contributed by atoms with van der Waals surface area (Å²) in [5, 5.41) is 157. The van der Waals surface area contributed by atoms with Gasteiger partial charge in [0.05, 0.1) is 63.9 Å². The van der Waals surface area contributed by atoms with Crippen molar-refractivity contribution in [3.8, 4) is 0 Å². The second kappa shape index (κ2) is 30.7. The van der Waals surface area contributed by atoms with Crippen molar-refractivity contribution in [1.29, 1.82) is 0 Å². The first-order valence-electron chi connectivity index (χ1n) is 24.6. The largest absolute Gasteiger partial charge is 0.477 e. The number of carboxylic acid groups (broad SMARTS) is 2. The molecule has 4 aliphatic rings. The summed E-state index contributed by atoms with van der Waals surface area (Å²) in [7, 11) is 2.79. The van der Waals surface area contributed by atoms with Crippen molar-refractivity contribution >= 4 is 57.2 Å². The first kappa shape index (κ1) is 67.2. The molecular weight excluding hydrogens is 1100 g/mol. The SMILES string of the molecule is CC(=O)N[C@H]1[C@@H](OCCCSSCCCO[C@H]2O[C@H](CO[C@]3(C(=O)O)C[C@H](O)[C@@H](NC(C)=O)[C@H]([C@H](O)[C@H](O)CO)O3)[C@H](O)[C@H](O)[C@H]2NC(C)=O)O[C@H](CO[C@]2(C(=O)O)C[C@H](O)[C@@H](NC(C)=O)[C@H]([C@H](O)[C@H](O)CO)O2)[C@H](O)[C@@H]1O. The van der Waals surface area contributed by atoms with Crippen LogP contribution in [0.3, 0.4) is 0 Å². The lowest BCUT2D eigenvalue weighted by Gasteiger charge is -2.47. The molecule has 18 N–H and O–H groups in total. The molecule has 4 fully saturated rings. The number of carbonyl (C=O) groups excluding carboxylic acids is 4. The summed E-state index contributed by atoms with van der Waals surface area (Å²) in [6.07, 6.45) is -29.5. The number of hydrogen-bond acceptors (Lipinski definition) is 28. The van der Waals surface area contributed by atoms with Gasteiger partial charge in [-0.15, -0.1) is 0 Å². The number of carboxylic acids is 2.